The molecule has 1 aromatic carbocycles. The van der Waals surface area contributed by atoms with Crippen LogP contribution in [-0.4, -0.2) is 34.6 Å². The Labute approximate surface area is 135 Å². The van der Waals surface area contributed by atoms with Crippen LogP contribution in [0.4, 0.5) is 0 Å². The SMILES string of the molecule is COC(=O)c1ccc(Cl)cc1S(=O)(=O)NCCCCN.Cl. The second-order valence-electron chi connectivity index (χ2n) is 4.03. The summed E-state index contributed by atoms with van der Waals surface area (Å²) in [7, 11) is -2.64. The minimum atomic E-state index is -3.83. The summed E-state index contributed by atoms with van der Waals surface area (Å²) in [6, 6.07) is 3.98. The average molecular weight is 357 g/mol. The largest absolute Gasteiger partial charge is 0.465 e. The Bertz CT molecular complexity index is 579. The summed E-state index contributed by atoms with van der Waals surface area (Å²) in [5, 5.41) is 0.222. The molecule has 0 unspecified atom stereocenters. The van der Waals surface area contributed by atoms with Crippen LogP contribution in [0.3, 0.4) is 0 Å². The lowest BCUT2D eigenvalue weighted by Gasteiger charge is -2.10. The number of rotatable bonds is 7. The third kappa shape index (κ3) is 5.80. The van der Waals surface area contributed by atoms with Crippen LogP contribution in [0.25, 0.3) is 0 Å². The molecular formula is C12H18Cl2N2O4S. The number of halogens is 2. The molecule has 0 bridgehead atoms. The summed E-state index contributed by atoms with van der Waals surface area (Å²) in [5.74, 6) is -0.732. The molecule has 0 spiro atoms. The van der Waals surface area contributed by atoms with Crippen LogP contribution in [0, 0.1) is 0 Å². The minimum Gasteiger partial charge on any atom is -0.465 e. The summed E-state index contributed by atoms with van der Waals surface area (Å²) in [6.45, 7) is 0.735. The number of esters is 1. The van der Waals surface area contributed by atoms with E-state index in [-0.39, 0.29) is 34.4 Å². The third-order valence-electron chi connectivity index (χ3n) is 2.56. The van der Waals surface area contributed by atoms with Gasteiger partial charge in [0.05, 0.1) is 17.6 Å². The number of hydrogen-bond acceptors (Lipinski definition) is 5. The van der Waals surface area contributed by atoms with Crippen molar-refractivity contribution in [3.63, 3.8) is 0 Å². The van der Waals surface area contributed by atoms with Crippen molar-refractivity contribution in [2.45, 2.75) is 17.7 Å². The van der Waals surface area contributed by atoms with Gasteiger partial charge in [-0.25, -0.2) is 17.9 Å². The average Bonchev–Trinajstić information content (AvgIpc) is 2.42. The van der Waals surface area contributed by atoms with E-state index in [0.29, 0.717) is 19.4 Å². The van der Waals surface area contributed by atoms with Gasteiger partial charge in [-0.15, -0.1) is 12.4 Å². The minimum absolute atomic E-state index is 0. The molecule has 1 rings (SSSR count). The second-order valence-corrected chi connectivity index (χ2v) is 6.20. The highest BCUT2D eigenvalue weighted by atomic mass is 35.5. The molecule has 120 valence electrons. The molecule has 0 aromatic heterocycles. The normalized spacial score (nSPS) is 10.8. The Morgan fingerprint density at radius 3 is 2.62 bits per heavy atom. The predicted molar refractivity (Wildman–Crippen MR) is 83.5 cm³/mol. The Hall–Kier alpha value is -0.860. The van der Waals surface area contributed by atoms with Gasteiger partial charge in [0.15, 0.2) is 0 Å². The van der Waals surface area contributed by atoms with Gasteiger partial charge in [0, 0.05) is 11.6 Å². The van der Waals surface area contributed by atoms with Gasteiger partial charge in [0.25, 0.3) is 0 Å². The monoisotopic (exact) mass is 356 g/mol. The van der Waals surface area contributed by atoms with Crippen LogP contribution >= 0.6 is 24.0 Å². The van der Waals surface area contributed by atoms with Gasteiger partial charge in [-0.2, -0.15) is 0 Å². The summed E-state index contributed by atoms with van der Waals surface area (Å²) in [5.41, 5.74) is 5.28. The molecule has 3 N–H and O–H groups in total. The van der Waals surface area contributed by atoms with Crippen LogP contribution in [-0.2, 0) is 14.8 Å². The summed E-state index contributed by atoms with van der Waals surface area (Å²) in [4.78, 5) is 11.4. The number of methoxy groups -OCH3 is 1. The van der Waals surface area contributed by atoms with Gasteiger partial charge in [0.2, 0.25) is 10.0 Å². The molecule has 0 radical (unpaired) electrons. The lowest BCUT2D eigenvalue weighted by Crippen LogP contribution is -2.27. The van der Waals surface area contributed by atoms with Crippen LogP contribution in [0.5, 0.6) is 0 Å². The Morgan fingerprint density at radius 2 is 2.05 bits per heavy atom. The van der Waals surface area contributed by atoms with Crippen molar-refractivity contribution in [3.05, 3.63) is 28.8 Å². The van der Waals surface area contributed by atoms with Crippen molar-refractivity contribution in [3.8, 4) is 0 Å². The first-order chi connectivity index (χ1) is 9.42. The molecule has 0 saturated carbocycles. The molecule has 0 aliphatic rings. The van der Waals surface area contributed by atoms with Gasteiger partial charge in [-0.05, 0) is 37.6 Å². The quantitative estimate of drug-likeness (QED) is 0.570. The molecule has 0 amide bonds. The van der Waals surface area contributed by atoms with Crippen molar-refractivity contribution in [1.29, 1.82) is 0 Å². The molecule has 0 fully saturated rings. The number of unbranched alkanes of at least 4 members (excludes halogenated alkanes) is 1. The van der Waals surface area contributed by atoms with Crippen molar-refractivity contribution in [1.82, 2.24) is 4.72 Å². The van der Waals surface area contributed by atoms with E-state index in [9.17, 15) is 13.2 Å². The molecule has 21 heavy (non-hydrogen) atoms. The number of hydrogen-bond donors (Lipinski definition) is 2. The Kier molecular flexibility index (Phi) is 8.84. The van der Waals surface area contributed by atoms with Gasteiger partial charge < -0.3 is 10.5 Å². The number of benzene rings is 1. The maximum Gasteiger partial charge on any atom is 0.339 e. The van der Waals surface area contributed by atoms with E-state index in [1.54, 1.807) is 0 Å². The van der Waals surface area contributed by atoms with Gasteiger partial charge >= 0.3 is 5.97 Å². The van der Waals surface area contributed by atoms with E-state index >= 15 is 0 Å². The molecule has 0 aliphatic carbocycles. The maximum absolute atomic E-state index is 12.2. The molecule has 0 atom stereocenters. The van der Waals surface area contributed by atoms with E-state index in [1.165, 1.54) is 25.3 Å². The van der Waals surface area contributed by atoms with Crippen molar-refractivity contribution < 1.29 is 17.9 Å². The smallest absolute Gasteiger partial charge is 0.339 e. The number of nitrogens with two attached hydrogens (primary N) is 1. The first-order valence-corrected chi connectivity index (χ1v) is 7.86. The highest BCUT2D eigenvalue weighted by Crippen LogP contribution is 2.21. The zero-order valence-electron chi connectivity index (χ0n) is 11.5. The summed E-state index contributed by atoms with van der Waals surface area (Å²) >= 11 is 5.79. The lowest BCUT2D eigenvalue weighted by molar-refractivity contribution is 0.0596. The fraction of sp³-hybridized carbons (Fsp3) is 0.417. The molecule has 0 saturated heterocycles. The lowest BCUT2D eigenvalue weighted by atomic mass is 10.2. The fourth-order valence-corrected chi connectivity index (χ4v) is 3.08. The molecule has 9 heteroatoms. The number of ether oxygens (including phenoxy) is 1. The van der Waals surface area contributed by atoms with E-state index in [4.69, 9.17) is 17.3 Å². The molecule has 0 aliphatic heterocycles. The Morgan fingerprint density at radius 1 is 1.38 bits per heavy atom. The highest BCUT2D eigenvalue weighted by molar-refractivity contribution is 7.89. The maximum atomic E-state index is 12.2. The van der Waals surface area contributed by atoms with Crippen molar-refractivity contribution in [2.24, 2.45) is 5.73 Å². The first kappa shape index (κ1) is 20.1. The standard InChI is InChI=1S/C12H17ClN2O4S.ClH/c1-19-12(16)10-5-4-9(13)8-11(10)20(17,18)15-7-3-2-6-14;/h4-5,8,15H,2-3,6-7,14H2,1H3;1H. The summed E-state index contributed by atoms with van der Waals surface area (Å²) in [6.07, 6.45) is 1.33. The van der Waals surface area contributed by atoms with Gasteiger partial charge in [-0.3, -0.25) is 0 Å². The number of carbonyl (C=O) groups is 1. The number of carbonyl (C=O) groups excluding carboxylic acids is 1. The molecular weight excluding hydrogens is 339 g/mol. The highest BCUT2D eigenvalue weighted by Gasteiger charge is 2.23. The van der Waals surface area contributed by atoms with E-state index in [0.717, 1.165) is 0 Å². The van der Waals surface area contributed by atoms with Crippen LogP contribution in [0.15, 0.2) is 23.1 Å². The Balaban J connectivity index is 0.00000400. The van der Waals surface area contributed by atoms with Crippen molar-refractivity contribution in [2.75, 3.05) is 20.2 Å². The van der Waals surface area contributed by atoms with E-state index in [2.05, 4.69) is 9.46 Å². The fourth-order valence-electron chi connectivity index (χ4n) is 1.55. The second kappa shape index (κ2) is 9.22. The van der Waals surface area contributed by atoms with Gasteiger partial charge in [0.1, 0.15) is 0 Å². The van der Waals surface area contributed by atoms with E-state index in [1.807, 2.05) is 0 Å². The van der Waals surface area contributed by atoms with E-state index < -0.39 is 16.0 Å². The molecule has 0 heterocycles. The summed E-state index contributed by atoms with van der Waals surface area (Å²) < 4.78 is 31.3. The topological polar surface area (TPSA) is 98.5 Å². The van der Waals surface area contributed by atoms with Gasteiger partial charge in [-0.1, -0.05) is 11.6 Å². The first-order valence-electron chi connectivity index (χ1n) is 6.00. The van der Waals surface area contributed by atoms with Crippen LogP contribution < -0.4 is 10.5 Å². The molecule has 6 nitrogen and oxygen atoms in total. The number of nitrogens with one attached hydrogen (secondary N) is 1. The zero-order chi connectivity index (χ0) is 15.2. The zero-order valence-corrected chi connectivity index (χ0v) is 13.9. The molecule has 1 aromatic rings. The van der Waals surface area contributed by atoms with Crippen LogP contribution in [0.1, 0.15) is 23.2 Å². The van der Waals surface area contributed by atoms with Crippen molar-refractivity contribution >= 4 is 40.0 Å². The predicted octanol–water partition coefficient (Wildman–Crippen LogP) is 1.57. The third-order valence-corrected chi connectivity index (χ3v) is 4.30. The number of sulfonamides is 1. The van der Waals surface area contributed by atoms with Crippen LogP contribution in [0.2, 0.25) is 5.02 Å².